The van der Waals surface area contributed by atoms with Crippen LogP contribution in [0.1, 0.15) is 356 Å². The second-order valence-corrected chi connectivity index (χ2v) is 45.8. The van der Waals surface area contributed by atoms with Crippen LogP contribution in [0, 0.1) is 75.4 Å². The van der Waals surface area contributed by atoms with E-state index in [4.69, 9.17) is 24.7 Å². The molecule has 8 fully saturated rings. The standard InChI is InChI=1S/C28H40N2O4S.C27H38N2O4S.C20H28N2O3S.C13H24N2O3.C10H18N2O3.C8H16N2O/c1-7-16-29-17-8-9-22(26(29)32)30(25(31)20-12-10-19(2)11-13-20)23-18-21(14-15-28(3,4)5)35-24(23)27(33)34-6;1-6-15-28-16-7-8-21(25(28)31)29(24(30)19-11-9-18(2)10-12-19)22-17-20(13-14-27(3,4)5)34-23(22)26(32)33;1-6-11-22-12-7-8-15(18(22)23)21-16-13-14(9-10-20(2,3)4)26-17(16)19(24)25-5;1-5-8-15-9-6-7-10(11(15)16)14-12(17)18-13(2,3)4;1-10(2,3)15-9(14)12-7-5-4-6-11-8(7)13;1-2-5-10-6-3-4-7(9)8(10)11/h18-20,22H,7-13,16-17H2,1-6H3;17-19,21H,6-12,15-16H2,1-5H3,(H,32,33);13,15,21H,6-8,11-12H2,1-5H3;10H,5-9H2,1-4H3,(H,14,17);7H,4-6H2,1-3H3,(H,11,13)(H,12,14);7H,2-6,9H2,1H3/t19?,20?,22-;18?,19?,21-;15-;10-;2*7-/m000000/s1. The molecule has 774 valence electrons. The molecule has 10 amide bonds. The number of carbonyl (C=O) groups is 13. The first-order valence-electron chi connectivity index (χ1n) is 50.6. The van der Waals surface area contributed by atoms with Crippen LogP contribution in [0.4, 0.5) is 26.7 Å². The van der Waals surface area contributed by atoms with Gasteiger partial charge in [0.1, 0.15) is 56.0 Å². The van der Waals surface area contributed by atoms with Gasteiger partial charge < -0.3 is 75.6 Å². The number of carboxylic acid groups (broad SMARTS) is 1. The van der Waals surface area contributed by atoms with Crippen molar-refractivity contribution >= 4 is 128 Å². The number of carboxylic acids is 1. The summed E-state index contributed by atoms with van der Waals surface area (Å²) in [5.74, 6) is 17.7. The number of hydrogen-bond acceptors (Lipinski definition) is 22. The maximum absolute atomic E-state index is 14.1. The number of aromatic carboxylic acids is 1. The van der Waals surface area contributed by atoms with Crippen LogP contribution in [0.15, 0.2) is 18.2 Å². The normalized spacial score (nSPS) is 21.8. The third-order valence-corrected chi connectivity index (χ3v) is 27.3. The van der Waals surface area contributed by atoms with Gasteiger partial charge in [-0.2, -0.15) is 0 Å². The number of likely N-dealkylation sites (tertiary alicyclic amines) is 5. The van der Waals surface area contributed by atoms with Crippen molar-refractivity contribution in [2.24, 2.45) is 45.7 Å². The van der Waals surface area contributed by atoms with E-state index in [0.29, 0.717) is 107 Å². The monoisotopic (exact) mass is 1990 g/mol. The third-order valence-electron chi connectivity index (χ3n) is 24.2. The number of piperidine rings is 6. The van der Waals surface area contributed by atoms with E-state index in [1.165, 1.54) is 36.9 Å². The lowest BCUT2D eigenvalue weighted by atomic mass is 9.82. The fourth-order valence-corrected chi connectivity index (χ4v) is 20.0. The molecule has 2 aliphatic carbocycles. The van der Waals surface area contributed by atoms with E-state index in [9.17, 15) is 67.4 Å². The maximum Gasteiger partial charge on any atom is 0.408 e. The Balaban J connectivity index is 0.000000266. The summed E-state index contributed by atoms with van der Waals surface area (Å²) in [6.45, 7) is 51.9. The van der Waals surface area contributed by atoms with Crippen molar-refractivity contribution in [2.45, 2.75) is 360 Å². The molecule has 8 aliphatic rings. The van der Waals surface area contributed by atoms with Crippen LogP contribution >= 0.6 is 34.0 Å². The van der Waals surface area contributed by atoms with Crippen molar-refractivity contribution < 1.29 is 86.4 Å². The summed E-state index contributed by atoms with van der Waals surface area (Å²) in [4.78, 5) is 178. The van der Waals surface area contributed by atoms with E-state index in [0.717, 1.165) is 190 Å². The third kappa shape index (κ3) is 38.6. The smallest absolute Gasteiger partial charge is 0.408 e. The summed E-state index contributed by atoms with van der Waals surface area (Å²) < 4.78 is 20.2. The van der Waals surface area contributed by atoms with Crippen molar-refractivity contribution in [1.29, 1.82) is 0 Å². The van der Waals surface area contributed by atoms with Gasteiger partial charge in [0, 0.05) is 100 Å². The van der Waals surface area contributed by atoms with Crippen LogP contribution in [0.3, 0.4) is 0 Å². The highest BCUT2D eigenvalue weighted by Gasteiger charge is 2.45. The quantitative estimate of drug-likeness (QED) is 0.0292. The van der Waals surface area contributed by atoms with Crippen LogP contribution in [0.5, 0.6) is 0 Å². The van der Waals surface area contributed by atoms with Gasteiger partial charge in [0.05, 0.1) is 52.0 Å². The van der Waals surface area contributed by atoms with E-state index in [2.05, 4.69) is 91.4 Å². The predicted molar refractivity (Wildman–Crippen MR) is 551 cm³/mol. The first-order chi connectivity index (χ1) is 65.3. The van der Waals surface area contributed by atoms with E-state index in [1.807, 2.05) is 113 Å². The van der Waals surface area contributed by atoms with E-state index in [-0.39, 0.29) is 92.3 Å². The number of hydrogen-bond donors (Lipinski definition) is 6. The van der Waals surface area contributed by atoms with Crippen molar-refractivity contribution in [3.05, 3.63) is 47.5 Å². The molecule has 30 nitrogen and oxygen atoms in total. The minimum Gasteiger partial charge on any atom is -0.477 e. The predicted octanol–water partition coefficient (Wildman–Crippen LogP) is 17.7. The molecular formula is C106H164N12O18S3. The van der Waals surface area contributed by atoms with Gasteiger partial charge in [0.25, 0.3) is 0 Å². The largest absolute Gasteiger partial charge is 0.477 e. The van der Waals surface area contributed by atoms with Gasteiger partial charge in [0.2, 0.25) is 47.3 Å². The molecule has 2 saturated carbocycles. The van der Waals surface area contributed by atoms with Gasteiger partial charge in [-0.25, -0.2) is 24.0 Å². The fourth-order valence-electron chi connectivity index (χ4n) is 17.4. The Morgan fingerprint density at radius 1 is 0.432 bits per heavy atom. The number of nitrogens with one attached hydrogen (secondary N) is 4. The summed E-state index contributed by atoms with van der Waals surface area (Å²) in [7, 11) is 2.71. The first kappa shape index (κ1) is 118. The Labute approximate surface area is 840 Å². The lowest BCUT2D eigenvalue weighted by molar-refractivity contribution is -0.138. The molecular weight excluding hydrogens is 1830 g/mol. The minimum absolute atomic E-state index is 0.00830. The number of alkyl carbamates (subject to hydrolysis) is 2. The minimum atomic E-state index is -1.09. The number of nitrogens with two attached hydrogens (primary N) is 1. The van der Waals surface area contributed by atoms with Crippen molar-refractivity contribution in [2.75, 3.05) is 101 Å². The molecule has 6 aliphatic heterocycles. The number of amides is 10. The summed E-state index contributed by atoms with van der Waals surface area (Å²) in [5, 5.41) is 21.2. The highest BCUT2D eigenvalue weighted by molar-refractivity contribution is 7.16. The number of thiophene rings is 3. The molecule has 0 bridgehead atoms. The van der Waals surface area contributed by atoms with Crippen molar-refractivity contribution in [3.63, 3.8) is 0 Å². The summed E-state index contributed by atoms with van der Waals surface area (Å²) in [5.41, 5.74) is 5.42. The second kappa shape index (κ2) is 55.6. The number of esters is 2. The average molecular weight is 1990 g/mol. The number of carbonyl (C=O) groups excluding carboxylic acids is 12. The summed E-state index contributed by atoms with van der Waals surface area (Å²) in [6.07, 6.45) is 20.3. The highest BCUT2D eigenvalue weighted by atomic mass is 32.1. The van der Waals surface area contributed by atoms with Crippen LogP contribution in [-0.4, -0.2) is 241 Å². The second-order valence-electron chi connectivity index (χ2n) is 42.6. The lowest BCUT2D eigenvalue weighted by Gasteiger charge is -2.40. The van der Waals surface area contributed by atoms with Gasteiger partial charge in [-0.05, 0) is 294 Å². The van der Waals surface area contributed by atoms with Gasteiger partial charge in [-0.1, -0.05) is 84.0 Å². The van der Waals surface area contributed by atoms with Crippen molar-refractivity contribution in [3.8, 4) is 35.5 Å². The molecule has 3 aromatic heterocycles. The fraction of sp³-hybridized carbons (Fsp3) is 0.708. The summed E-state index contributed by atoms with van der Waals surface area (Å²) >= 11 is 3.62. The van der Waals surface area contributed by atoms with E-state index in [1.54, 1.807) is 57.4 Å². The molecule has 6 saturated heterocycles. The number of nitrogens with zero attached hydrogens (tertiary/aromatic N) is 7. The Morgan fingerprint density at radius 3 is 1.14 bits per heavy atom. The average Bonchev–Trinajstić information content (AvgIpc) is 1.68. The molecule has 0 unspecified atom stereocenters. The number of anilines is 3. The zero-order valence-corrected chi connectivity index (χ0v) is 90.2. The zero-order chi connectivity index (χ0) is 104. The highest BCUT2D eigenvalue weighted by Crippen LogP contribution is 2.42. The molecule has 0 radical (unpaired) electrons. The molecule has 0 aromatic carbocycles. The lowest BCUT2D eigenvalue weighted by Crippen LogP contribution is -2.56. The molecule has 0 spiro atoms. The van der Waals surface area contributed by atoms with Crippen LogP contribution in [0.25, 0.3) is 0 Å². The Morgan fingerprint density at radius 2 is 0.763 bits per heavy atom. The van der Waals surface area contributed by atoms with Crippen LogP contribution < -0.4 is 36.8 Å². The SMILES string of the molecule is CC(C)(C)OC(=O)N[C@H]1CCCNC1=O.CCCN1CCC[C@H](N(C(=O)C2CCC(C)CC2)c2cc(C#CC(C)(C)C)sc2C(=O)O)C1=O.CCCN1CCC[C@H](N(C(=O)C2CCC(C)CC2)c2cc(C#CC(C)(C)C)sc2C(=O)OC)C1=O.CCCN1CCC[C@H](N)C1=O.CCCN1CCC[C@H](NC(=O)OC(C)(C)C)C1=O.CCCN1CCC[C@H](Nc2cc(C#CC(C)(C)C)sc2C(=O)OC)C1=O. The number of methoxy groups -OCH3 is 2. The topological polar surface area (TPSA) is 376 Å². The zero-order valence-electron chi connectivity index (χ0n) is 87.8. The van der Waals surface area contributed by atoms with E-state index >= 15 is 0 Å². The first-order valence-corrected chi connectivity index (χ1v) is 53.0. The molecule has 3 aromatic rings. The number of rotatable bonds is 23. The van der Waals surface area contributed by atoms with Crippen LogP contribution in [-0.2, 0) is 57.3 Å². The van der Waals surface area contributed by atoms with Crippen molar-refractivity contribution in [1.82, 2.24) is 40.4 Å². The molecule has 6 atom stereocenters. The van der Waals surface area contributed by atoms with Gasteiger partial charge in [0.15, 0.2) is 0 Å². The Hall–Kier alpha value is -9.75. The molecule has 33 heteroatoms. The molecule has 11 rings (SSSR count). The summed E-state index contributed by atoms with van der Waals surface area (Å²) in [6, 6.07) is 2.68. The Kier molecular flexibility index (Phi) is 47.2. The van der Waals surface area contributed by atoms with Gasteiger partial charge in [-0.3, -0.25) is 48.2 Å². The van der Waals surface area contributed by atoms with Gasteiger partial charge in [-0.15, -0.1) is 34.0 Å². The Bertz CT molecular complexity index is 4810. The molecule has 9 heterocycles. The van der Waals surface area contributed by atoms with Gasteiger partial charge >= 0.3 is 30.1 Å². The number of ether oxygens (including phenoxy) is 4. The van der Waals surface area contributed by atoms with Crippen LogP contribution in [0.2, 0.25) is 0 Å². The molecule has 139 heavy (non-hydrogen) atoms. The van der Waals surface area contributed by atoms with E-state index < -0.39 is 65.5 Å². The maximum atomic E-state index is 14.1. The molecule has 7 N–H and O–H groups in total.